The Morgan fingerprint density at radius 2 is 1.89 bits per heavy atom. The molecule has 0 heterocycles. The van der Waals surface area contributed by atoms with E-state index in [2.05, 4.69) is 5.32 Å². The van der Waals surface area contributed by atoms with Gasteiger partial charge in [-0.3, -0.25) is 9.59 Å². The fraction of sp³-hybridized carbons (Fsp3) is 0.636. The Balaban J connectivity index is 1.36. The summed E-state index contributed by atoms with van der Waals surface area (Å²) in [5, 5.41) is 3.19. The molecule has 27 heavy (non-hydrogen) atoms. The number of nitrogens with one attached hydrogen (secondary N) is 1. The Kier molecular flexibility index (Phi) is 4.65. The van der Waals surface area contributed by atoms with E-state index in [1.54, 1.807) is 6.92 Å². The van der Waals surface area contributed by atoms with Gasteiger partial charge in [-0.15, -0.1) is 0 Å². The van der Waals surface area contributed by atoms with Crippen LogP contribution in [0.3, 0.4) is 0 Å². The van der Waals surface area contributed by atoms with E-state index in [1.807, 2.05) is 31.2 Å². The number of rotatable bonds is 6. The molecule has 4 atom stereocenters. The largest absolute Gasteiger partial charge is 0.490 e. The van der Waals surface area contributed by atoms with Crippen molar-refractivity contribution in [2.75, 3.05) is 13.2 Å². The number of hydrogen-bond acceptors (Lipinski definition) is 4. The average Bonchev–Trinajstić information content (AvgIpc) is 2.56. The van der Waals surface area contributed by atoms with Gasteiger partial charge in [-0.1, -0.05) is 12.1 Å². The van der Waals surface area contributed by atoms with Crippen LogP contribution in [-0.2, 0) is 14.3 Å². The summed E-state index contributed by atoms with van der Waals surface area (Å²) in [5.41, 5.74) is 0.518. The molecule has 4 saturated carbocycles. The van der Waals surface area contributed by atoms with Crippen molar-refractivity contribution in [3.8, 4) is 5.75 Å². The molecular formula is C22H29NO4. The third-order valence-corrected chi connectivity index (χ3v) is 6.51. The fourth-order valence-electron chi connectivity index (χ4n) is 6.17. The van der Waals surface area contributed by atoms with Crippen molar-refractivity contribution in [3.05, 3.63) is 29.8 Å². The fourth-order valence-corrected chi connectivity index (χ4v) is 6.17. The first-order valence-corrected chi connectivity index (χ1v) is 10.0. The summed E-state index contributed by atoms with van der Waals surface area (Å²) in [7, 11) is 0. The SMILES string of the molecule is CC(=O)NC12C[C@H]3C[C@@H](C1)CC(C(=O)OCCOc1cccc(C)c1)(C3)C2. The molecule has 0 aromatic heterocycles. The smallest absolute Gasteiger partial charge is 0.312 e. The highest BCUT2D eigenvalue weighted by molar-refractivity contribution is 5.79. The second-order valence-electron chi connectivity index (χ2n) is 9.00. The van der Waals surface area contributed by atoms with E-state index in [0.29, 0.717) is 18.4 Å². The topological polar surface area (TPSA) is 64.6 Å². The maximum Gasteiger partial charge on any atom is 0.312 e. The standard InChI is InChI=1S/C22H29NO4/c1-15-4-3-5-19(8-15)26-6-7-27-20(25)21-10-17-9-18(11-21)13-22(12-17,14-21)23-16(2)24/h3-5,8,17-18H,6-7,9-14H2,1-2H3,(H,23,24)/t17-,18+,21?,22?. The zero-order valence-electron chi connectivity index (χ0n) is 16.3. The quantitative estimate of drug-likeness (QED) is 0.615. The zero-order chi connectivity index (χ0) is 19.1. The molecule has 1 aromatic rings. The van der Waals surface area contributed by atoms with E-state index in [9.17, 15) is 9.59 Å². The van der Waals surface area contributed by atoms with Gasteiger partial charge in [0.1, 0.15) is 19.0 Å². The van der Waals surface area contributed by atoms with Crippen molar-refractivity contribution >= 4 is 11.9 Å². The molecule has 4 fully saturated rings. The Labute approximate surface area is 160 Å². The predicted molar refractivity (Wildman–Crippen MR) is 101 cm³/mol. The predicted octanol–water partition coefficient (Wildman–Crippen LogP) is 3.39. The highest BCUT2D eigenvalue weighted by Crippen LogP contribution is 2.62. The van der Waals surface area contributed by atoms with Crippen LogP contribution in [0.1, 0.15) is 51.0 Å². The van der Waals surface area contributed by atoms with Gasteiger partial charge in [-0.2, -0.15) is 0 Å². The molecule has 5 nitrogen and oxygen atoms in total. The third kappa shape index (κ3) is 3.69. The van der Waals surface area contributed by atoms with Crippen molar-refractivity contribution in [2.45, 2.75) is 57.9 Å². The minimum absolute atomic E-state index is 0.00650. The number of amides is 1. The molecule has 0 spiro atoms. The van der Waals surface area contributed by atoms with Crippen LogP contribution in [0.2, 0.25) is 0 Å². The van der Waals surface area contributed by atoms with Gasteiger partial charge in [0.25, 0.3) is 0 Å². The molecule has 1 N–H and O–H groups in total. The molecule has 146 valence electrons. The number of carbonyl (C=O) groups excluding carboxylic acids is 2. The van der Waals surface area contributed by atoms with Gasteiger partial charge in [0.05, 0.1) is 5.41 Å². The number of carbonyl (C=O) groups is 2. The van der Waals surface area contributed by atoms with E-state index in [0.717, 1.165) is 43.4 Å². The third-order valence-electron chi connectivity index (χ3n) is 6.51. The Bertz CT molecular complexity index is 730. The molecule has 4 aliphatic rings. The molecule has 1 aromatic carbocycles. The summed E-state index contributed by atoms with van der Waals surface area (Å²) in [6.45, 7) is 4.21. The van der Waals surface area contributed by atoms with E-state index in [-0.39, 0.29) is 24.0 Å². The number of benzene rings is 1. The van der Waals surface area contributed by atoms with Crippen LogP contribution in [0.4, 0.5) is 0 Å². The van der Waals surface area contributed by atoms with Crippen molar-refractivity contribution in [1.29, 1.82) is 0 Å². The van der Waals surface area contributed by atoms with Crippen molar-refractivity contribution in [2.24, 2.45) is 17.3 Å². The highest BCUT2D eigenvalue weighted by atomic mass is 16.6. The van der Waals surface area contributed by atoms with Gasteiger partial charge in [-0.05, 0) is 75.0 Å². The lowest BCUT2D eigenvalue weighted by Crippen LogP contribution is -2.64. The molecule has 4 aliphatic carbocycles. The normalized spacial score (nSPS) is 33.6. The van der Waals surface area contributed by atoms with Crippen molar-refractivity contribution in [3.63, 3.8) is 0 Å². The van der Waals surface area contributed by atoms with Crippen LogP contribution in [0.5, 0.6) is 5.75 Å². The molecule has 2 unspecified atom stereocenters. The molecular weight excluding hydrogens is 342 g/mol. The lowest BCUT2D eigenvalue weighted by molar-refractivity contribution is -0.176. The maximum absolute atomic E-state index is 13.0. The number of ether oxygens (including phenoxy) is 2. The summed E-state index contributed by atoms with van der Waals surface area (Å²) in [5.74, 6) is 1.75. The van der Waals surface area contributed by atoms with E-state index < -0.39 is 5.41 Å². The van der Waals surface area contributed by atoms with Crippen molar-refractivity contribution in [1.82, 2.24) is 5.32 Å². The molecule has 0 saturated heterocycles. The lowest BCUT2D eigenvalue weighted by Gasteiger charge is -2.60. The second-order valence-corrected chi connectivity index (χ2v) is 9.00. The van der Waals surface area contributed by atoms with Crippen LogP contribution in [0, 0.1) is 24.2 Å². The average molecular weight is 371 g/mol. The summed E-state index contributed by atoms with van der Waals surface area (Å²) in [6.07, 6.45) is 5.74. The summed E-state index contributed by atoms with van der Waals surface area (Å²) in [4.78, 5) is 24.7. The number of esters is 1. The first-order valence-electron chi connectivity index (χ1n) is 10.0. The van der Waals surface area contributed by atoms with Gasteiger partial charge < -0.3 is 14.8 Å². The molecule has 5 rings (SSSR count). The minimum Gasteiger partial charge on any atom is -0.490 e. The van der Waals surface area contributed by atoms with Crippen LogP contribution >= 0.6 is 0 Å². The van der Waals surface area contributed by atoms with E-state index >= 15 is 0 Å². The summed E-state index contributed by atoms with van der Waals surface area (Å²) < 4.78 is 11.3. The minimum atomic E-state index is -0.421. The summed E-state index contributed by atoms with van der Waals surface area (Å²) in [6, 6.07) is 7.85. The Morgan fingerprint density at radius 3 is 2.56 bits per heavy atom. The number of hydrogen-bond donors (Lipinski definition) is 1. The van der Waals surface area contributed by atoms with Crippen LogP contribution in [0.15, 0.2) is 24.3 Å². The van der Waals surface area contributed by atoms with Gasteiger partial charge >= 0.3 is 5.97 Å². The molecule has 1 amide bonds. The molecule has 0 radical (unpaired) electrons. The monoisotopic (exact) mass is 371 g/mol. The van der Waals surface area contributed by atoms with Gasteiger partial charge in [-0.25, -0.2) is 0 Å². The maximum atomic E-state index is 13.0. The van der Waals surface area contributed by atoms with Crippen molar-refractivity contribution < 1.29 is 19.1 Å². The van der Waals surface area contributed by atoms with Crippen LogP contribution in [0.25, 0.3) is 0 Å². The van der Waals surface area contributed by atoms with Gasteiger partial charge in [0.2, 0.25) is 5.91 Å². The van der Waals surface area contributed by atoms with E-state index in [4.69, 9.17) is 9.47 Å². The highest BCUT2D eigenvalue weighted by Gasteiger charge is 2.61. The molecule has 4 bridgehead atoms. The van der Waals surface area contributed by atoms with Gasteiger partial charge in [0, 0.05) is 12.5 Å². The first-order chi connectivity index (χ1) is 12.9. The molecule has 0 aliphatic heterocycles. The number of aryl methyl sites for hydroxylation is 1. The van der Waals surface area contributed by atoms with Gasteiger partial charge in [0.15, 0.2) is 0 Å². The Hall–Kier alpha value is -2.04. The van der Waals surface area contributed by atoms with E-state index in [1.165, 1.54) is 6.42 Å². The van der Waals surface area contributed by atoms with Crippen LogP contribution < -0.4 is 10.1 Å². The Morgan fingerprint density at radius 1 is 1.15 bits per heavy atom. The second kappa shape index (κ2) is 6.84. The molecule has 5 heteroatoms. The first kappa shape index (κ1) is 18.3. The zero-order valence-corrected chi connectivity index (χ0v) is 16.3. The van der Waals surface area contributed by atoms with Crippen LogP contribution in [-0.4, -0.2) is 30.6 Å². The lowest BCUT2D eigenvalue weighted by atomic mass is 9.47. The summed E-state index contributed by atoms with van der Waals surface area (Å²) >= 11 is 0.